The molecule has 3 aromatic rings. The SMILES string of the molecule is CCOc1ccc(-c2cnc(CCC(=O)Nc3ccccc3)o2)cc1. The smallest absolute Gasteiger partial charge is 0.224 e. The second-order valence-electron chi connectivity index (χ2n) is 5.49. The minimum Gasteiger partial charge on any atom is -0.494 e. The van der Waals surface area contributed by atoms with Gasteiger partial charge in [0.1, 0.15) is 5.75 Å². The quantitative estimate of drug-likeness (QED) is 0.698. The monoisotopic (exact) mass is 336 g/mol. The fourth-order valence-corrected chi connectivity index (χ4v) is 2.41. The number of rotatable bonds is 7. The molecule has 0 atom stereocenters. The van der Waals surface area contributed by atoms with Crippen molar-refractivity contribution in [2.45, 2.75) is 19.8 Å². The standard InChI is InChI=1S/C20H20N2O3/c1-2-24-17-10-8-15(9-11-17)18-14-21-20(25-18)13-12-19(23)22-16-6-4-3-5-7-16/h3-11,14H,2,12-13H2,1H3,(H,22,23). The lowest BCUT2D eigenvalue weighted by molar-refractivity contribution is -0.116. The third-order valence-electron chi connectivity index (χ3n) is 3.63. The van der Waals surface area contributed by atoms with E-state index >= 15 is 0 Å². The molecule has 1 N–H and O–H groups in total. The number of oxazole rings is 1. The van der Waals surface area contributed by atoms with Crippen molar-refractivity contribution in [3.8, 4) is 17.1 Å². The van der Waals surface area contributed by atoms with Crippen molar-refractivity contribution in [1.29, 1.82) is 0 Å². The fraction of sp³-hybridized carbons (Fsp3) is 0.200. The van der Waals surface area contributed by atoms with Crippen molar-refractivity contribution in [3.63, 3.8) is 0 Å². The van der Waals surface area contributed by atoms with E-state index in [1.165, 1.54) is 0 Å². The Bertz CT molecular complexity index is 810. The number of hydrogen-bond acceptors (Lipinski definition) is 4. The summed E-state index contributed by atoms with van der Waals surface area (Å²) in [7, 11) is 0. The average Bonchev–Trinajstić information content (AvgIpc) is 3.11. The van der Waals surface area contributed by atoms with Crippen molar-refractivity contribution in [2.24, 2.45) is 0 Å². The minimum atomic E-state index is -0.0629. The molecule has 1 amide bonds. The van der Waals surface area contributed by atoms with Gasteiger partial charge in [0, 0.05) is 24.1 Å². The van der Waals surface area contributed by atoms with Gasteiger partial charge in [0.2, 0.25) is 5.91 Å². The van der Waals surface area contributed by atoms with E-state index < -0.39 is 0 Å². The number of carbonyl (C=O) groups excluding carboxylic acids is 1. The molecule has 0 fully saturated rings. The molecule has 0 saturated carbocycles. The maximum atomic E-state index is 12.0. The molecule has 0 aliphatic carbocycles. The van der Waals surface area contributed by atoms with Crippen LogP contribution >= 0.6 is 0 Å². The Morgan fingerprint density at radius 3 is 2.60 bits per heavy atom. The Morgan fingerprint density at radius 2 is 1.88 bits per heavy atom. The van der Waals surface area contributed by atoms with Gasteiger partial charge in [0.05, 0.1) is 12.8 Å². The molecule has 0 radical (unpaired) electrons. The summed E-state index contributed by atoms with van der Waals surface area (Å²) in [5.74, 6) is 1.99. The largest absolute Gasteiger partial charge is 0.494 e. The summed E-state index contributed by atoms with van der Waals surface area (Å²) < 4.78 is 11.2. The molecule has 0 saturated heterocycles. The first-order chi connectivity index (χ1) is 12.2. The Balaban J connectivity index is 1.55. The Labute approximate surface area is 146 Å². The number of benzene rings is 2. The van der Waals surface area contributed by atoms with Gasteiger partial charge < -0.3 is 14.5 Å². The van der Waals surface area contributed by atoms with Crippen molar-refractivity contribution in [1.82, 2.24) is 4.98 Å². The zero-order chi connectivity index (χ0) is 17.5. The van der Waals surface area contributed by atoms with E-state index in [1.54, 1.807) is 6.20 Å². The normalized spacial score (nSPS) is 10.4. The summed E-state index contributed by atoms with van der Waals surface area (Å²) in [6.07, 6.45) is 2.45. The highest BCUT2D eigenvalue weighted by Gasteiger charge is 2.09. The molecule has 0 unspecified atom stereocenters. The lowest BCUT2D eigenvalue weighted by atomic mass is 10.2. The second-order valence-corrected chi connectivity index (χ2v) is 5.49. The molecular weight excluding hydrogens is 316 g/mol. The first-order valence-corrected chi connectivity index (χ1v) is 8.27. The van der Waals surface area contributed by atoms with E-state index in [9.17, 15) is 4.79 Å². The number of nitrogens with zero attached hydrogens (tertiary/aromatic N) is 1. The molecule has 128 valence electrons. The topological polar surface area (TPSA) is 64.4 Å². The van der Waals surface area contributed by atoms with Gasteiger partial charge in [-0.25, -0.2) is 4.98 Å². The summed E-state index contributed by atoms with van der Waals surface area (Å²) in [5, 5.41) is 2.85. The van der Waals surface area contributed by atoms with Gasteiger partial charge in [0.15, 0.2) is 11.7 Å². The van der Waals surface area contributed by atoms with E-state index in [-0.39, 0.29) is 5.91 Å². The molecule has 0 spiro atoms. The maximum absolute atomic E-state index is 12.0. The van der Waals surface area contributed by atoms with Gasteiger partial charge in [-0.3, -0.25) is 4.79 Å². The molecule has 0 aliphatic rings. The van der Waals surface area contributed by atoms with Crippen LogP contribution in [-0.2, 0) is 11.2 Å². The lowest BCUT2D eigenvalue weighted by Crippen LogP contribution is -2.12. The number of ether oxygens (including phenoxy) is 1. The zero-order valence-corrected chi connectivity index (χ0v) is 14.1. The number of aromatic nitrogens is 1. The summed E-state index contributed by atoms with van der Waals surface area (Å²) in [6.45, 7) is 2.58. The second kappa shape index (κ2) is 8.15. The van der Waals surface area contributed by atoms with Crippen LogP contribution in [0.5, 0.6) is 5.75 Å². The maximum Gasteiger partial charge on any atom is 0.224 e. The van der Waals surface area contributed by atoms with E-state index in [4.69, 9.17) is 9.15 Å². The molecule has 3 rings (SSSR count). The molecule has 1 aromatic heterocycles. The van der Waals surface area contributed by atoms with Crippen LogP contribution in [0.4, 0.5) is 5.69 Å². The minimum absolute atomic E-state index is 0.0629. The van der Waals surface area contributed by atoms with Gasteiger partial charge in [0.25, 0.3) is 0 Å². The third kappa shape index (κ3) is 4.70. The molecule has 5 nitrogen and oxygen atoms in total. The molecule has 25 heavy (non-hydrogen) atoms. The molecule has 5 heteroatoms. The number of para-hydroxylation sites is 1. The Hall–Kier alpha value is -3.08. The third-order valence-corrected chi connectivity index (χ3v) is 3.63. The Kier molecular flexibility index (Phi) is 5.46. The first-order valence-electron chi connectivity index (χ1n) is 8.27. The average molecular weight is 336 g/mol. The van der Waals surface area contributed by atoms with E-state index in [0.29, 0.717) is 31.1 Å². The highest BCUT2D eigenvalue weighted by molar-refractivity contribution is 5.90. The predicted octanol–water partition coefficient (Wildman–Crippen LogP) is 4.31. The van der Waals surface area contributed by atoms with E-state index in [2.05, 4.69) is 10.3 Å². The van der Waals surface area contributed by atoms with Crippen molar-refractivity contribution < 1.29 is 13.9 Å². The number of carbonyl (C=O) groups is 1. The highest BCUT2D eigenvalue weighted by atomic mass is 16.5. The molecule has 2 aromatic carbocycles. The van der Waals surface area contributed by atoms with Crippen LogP contribution in [0.1, 0.15) is 19.2 Å². The van der Waals surface area contributed by atoms with Crippen molar-refractivity contribution in [2.75, 3.05) is 11.9 Å². The lowest BCUT2D eigenvalue weighted by Gasteiger charge is -2.04. The zero-order valence-electron chi connectivity index (χ0n) is 14.1. The van der Waals surface area contributed by atoms with Crippen LogP contribution in [0.15, 0.2) is 65.2 Å². The van der Waals surface area contributed by atoms with E-state index in [1.807, 2.05) is 61.5 Å². The Morgan fingerprint density at radius 1 is 1.12 bits per heavy atom. The van der Waals surface area contributed by atoms with Crippen LogP contribution < -0.4 is 10.1 Å². The van der Waals surface area contributed by atoms with Crippen LogP contribution in [0.2, 0.25) is 0 Å². The van der Waals surface area contributed by atoms with Crippen LogP contribution in [0.25, 0.3) is 11.3 Å². The van der Waals surface area contributed by atoms with Crippen molar-refractivity contribution in [3.05, 3.63) is 66.7 Å². The highest BCUT2D eigenvalue weighted by Crippen LogP contribution is 2.23. The van der Waals surface area contributed by atoms with Gasteiger partial charge in [-0.2, -0.15) is 0 Å². The fourth-order valence-electron chi connectivity index (χ4n) is 2.41. The summed E-state index contributed by atoms with van der Waals surface area (Å²) in [4.78, 5) is 16.2. The molecule has 0 bridgehead atoms. The number of hydrogen-bond donors (Lipinski definition) is 1. The summed E-state index contributed by atoms with van der Waals surface area (Å²) in [6, 6.07) is 17.0. The van der Waals surface area contributed by atoms with E-state index in [0.717, 1.165) is 17.0 Å². The molecular formula is C20H20N2O3. The van der Waals surface area contributed by atoms with Crippen LogP contribution in [0, 0.1) is 0 Å². The van der Waals surface area contributed by atoms with Crippen LogP contribution in [0.3, 0.4) is 0 Å². The first kappa shape index (κ1) is 16.8. The van der Waals surface area contributed by atoms with Gasteiger partial charge in [-0.05, 0) is 43.3 Å². The van der Waals surface area contributed by atoms with Gasteiger partial charge >= 0.3 is 0 Å². The summed E-state index contributed by atoms with van der Waals surface area (Å²) in [5.41, 5.74) is 1.71. The number of aryl methyl sites for hydroxylation is 1. The van der Waals surface area contributed by atoms with Gasteiger partial charge in [-0.1, -0.05) is 18.2 Å². The van der Waals surface area contributed by atoms with Gasteiger partial charge in [-0.15, -0.1) is 0 Å². The number of nitrogens with one attached hydrogen (secondary N) is 1. The molecule has 0 aliphatic heterocycles. The predicted molar refractivity (Wildman–Crippen MR) is 96.5 cm³/mol. The van der Waals surface area contributed by atoms with Crippen molar-refractivity contribution >= 4 is 11.6 Å². The number of anilines is 1. The number of amides is 1. The van der Waals surface area contributed by atoms with Crippen LogP contribution in [-0.4, -0.2) is 17.5 Å². The molecule has 1 heterocycles. The summed E-state index contributed by atoms with van der Waals surface area (Å²) >= 11 is 0.